The molecule has 0 saturated carbocycles. The van der Waals surface area contributed by atoms with E-state index in [4.69, 9.17) is 26.1 Å². The van der Waals surface area contributed by atoms with E-state index in [0.717, 1.165) is 17.2 Å². The molecule has 0 spiro atoms. The fourth-order valence-electron chi connectivity index (χ4n) is 3.81. The van der Waals surface area contributed by atoms with Gasteiger partial charge in [-0.25, -0.2) is 9.78 Å². The van der Waals surface area contributed by atoms with E-state index in [1.807, 2.05) is 30.3 Å². The van der Waals surface area contributed by atoms with Gasteiger partial charge in [-0.1, -0.05) is 73.7 Å². The molecule has 0 aliphatic rings. The Labute approximate surface area is 230 Å². The molecule has 2 aromatic carbocycles. The lowest BCUT2D eigenvalue weighted by molar-refractivity contribution is -0.145. The molecular formula is C28H36ClN3O5Si. The molecule has 1 N–H and O–H groups in total. The Hall–Kier alpha value is -3.14. The lowest BCUT2D eigenvalue weighted by Crippen LogP contribution is -2.24. The van der Waals surface area contributed by atoms with E-state index in [-0.39, 0.29) is 19.3 Å². The average Bonchev–Trinajstić information content (AvgIpc) is 3.21. The van der Waals surface area contributed by atoms with Crippen molar-refractivity contribution in [2.75, 3.05) is 25.6 Å². The number of methoxy groups -OCH3 is 1. The van der Waals surface area contributed by atoms with Gasteiger partial charge in [-0.05, 0) is 37.1 Å². The number of nitrogens with zero attached hydrogens (tertiary/aromatic N) is 2. The van der Waals surface area contributed by atoms with Crippen LogP contribution in [0, 0.1) is 0 Å². The van der Waals surface area contributed by atoms with Gasteiger partial charge in [0.15, 0.2) is 0 Å². The van der Waals surface area contributed by atoms with Crippen molar-refractivity contribution in [3.63, 3.8) is 0 Å². The number of halogens is 1. The second kappa shape index (κ2) is 13.6. The maximum Gasteiger partial charge on any atom is 0.411 e. The van der Waals surface area contributed by atoms with Gasteiger partial charge in [-0.15, -0.1) is 0 Å². The van der Waals surface area contributed by atoms with Crippen LogP contribution in [0.3, 0.4) is 0 Å². The van der Waals surface area contributed by atoms with Crippen molar-refractivity contribution in [2.45, 2.75) is 51.7 Å². The van der Waals surface area contributed by atoms with Crippen LogP contribution in [-0.2, 0) is 32.2 Å². The minimum absolute atomic E-state index is 0.165. The molecule has 1 atom stereocenters. The molecule has 0 saturated heterocycles. The van der Waals surface area contributed by atoms with Crippen LogP contribution >= 0.6 is 11.6 Å². The number of rotatable bonds is 12. The fourth-order valence-corrected chi connectivity index (χ4v) is 4.85. The van der Waals surface area contributed by atoms with Gasteiger partial charge in [0.1, 0.15) is 29.3 Å². The third-order valence-electron chi connectivity index (χ3n) is 5.91. The smallest absolute Gasteiger partial charge is 0.411 e. The molecule has 3 rings (SSSR count). The zero-order valence-electron chi connectivity index (χ0n) is 22.6. The summed E-state index contributed by atoms with van der Waals surface area (Å²) in [6, 6.07) is 17.8. The Morgan fingerprint density at radius 1 is 1.08 bits per heavy atom. The van der Waals surface area contributed by atoms with Gasteiger partial charge in [-0.3, -0.25) is 14.7 Å². The summed E-state index contributed by atoms with van der Waals surface area (Å²) in [4.78, 5) is 29.6. The van der Waals surface area contributed by atoms with Gasteiger partial charge in [0.25, 0.3) is 0 Å². The summed E-state index contributed by atoms with van der Waals surface area (Å²) in [5, 5.41) is 2.99. The second-order valence-electron chi connectivity index (χ2n) is 10.1. The van der Waals surface area contributed by atoms with Crippen LogP contribution in [0.2, 0.25) is 30.8 Å². The molecule has 1 unspecified atom stereocenters. The number of carbonyl (C=O) groups is 2. The van der Waals surface area contributed by atoms with Crippen molar-refractivity contribution in [3.05, 3.63) is 71.1 Å². The molecular weight excluding hydrogens is 522 g/mol. The standard InChI is InChI=1S/C28H36ClN3O5Si/c1-6-37-27(33)23(18-20-10-8-7-9-11-20)26-31-24(21-12-14-22(15-13-21)30-28(34)35-2)25(29)32(26)19-36-16-17-38(3,4)5/h7-15,23H,6,16-19H2,1-5H3,(H,30,34). The number of carbonyl (C=O) groups excluding carboxylic acids is 2. The summed E-state index contributed by atoms with van der Waals surface area (Å²) in [7, 11) is 0.0170. The minimum atomic E-state index is -1.29. The van der Waals surface area contributed by atoms with E-state index < -0.39 is 20.1 Å². The van der Waals surface area contributed by atoms with Gasteiger partial charge >= 0.3 is 12.1 Å². The predicted molar refractivity (Wildman–Crippen MR) is 152 cm³/mol. The molecule has 0 radical (unpaired) electrons. The summed E-state index contributed by atoms with van der Waals surface area (Å²) in [5.41, 5.74) is 2.80. The maximum absolute atomic E-state index is 13.2. The predicted octanol–water partition coefficient (Wildman–Crippen LogP) is 6.58. The molecule has 8 nitrogen and oxygen atoms in total. The molecule has 10 heteroatoms. The van der Waals surface area contributed by atoms with Crippen molar-refractivity contribution < 1.29 is 23.8 Å². The first-order chi connectivity index (χ1) is 18.1. The summed E-state index contributed by atoms with van der Waals surface area (Å²) < 4.78 is 17.9. The number of amides is 1. The fraction of sp³-hybridized carbons (Fsp3) is 0.393. The molecule has 0 bridgehead atoms. The summed E-state index contributed by atoms with van der Waals surface area (Å²) in [5.74, 6) is -0.563. The van der Waals surface area contributed by atoms with Gasteiger partial charge in [-0.2, -0.15) is 0 Å². The highest BCUT2D eigenvalue weighted by Gasteiger charge is 2.30. The third kappa shape index (κ3) is 8.18. The van der Waals surface area contributed by atoms with E-state index in [1.165, 1.54) is 7.11 Å². The Morgan fingerprint density at radius 3 is 2.37 bits per heavy atom. The van der Waals surface area contributed by atoms with Gasteiger partial charge in [0.2, 0.25) is 0 Å². The number of ether oxygens (including phenoxy) is 3. The Kier molecular flexibility index (Phi) is 10.5. The first-order valence-electron chi connectivity index (χ1n) is 12.6. The van der Waals surface area contributed by atoms with E-state index in [2.05, 4.69) is 29.7 Å². The van der Waals surface area contributed by atoms with Gasteiger partial charge in [0.05, 0.1) is 13.7 Å². The largest absolute Gasteiger partial charge is 0.465 e. The molecule has 38 heavy (non-hydrogen) atoms. The van der Waals surface area contributed by atoms with E-state index >= 15 is 0 Å². The van der Waals surface area contributed by atoms with Crippen LogP contribution in [0.1, 0.15) is 24.2 Å². The monoisotopic (exact) mass is 557 g/mol. The zero-order chi connectivity index (χ0) is 27.7. The number of benzene rings is 2. The van der Waals surface area contributed by atoms with Gasteiger partial charge in [0, 0.05) is 25.9 Å². The molecule has 3 aromatic rings. The Morgan fingerprint density at radius 2 is 1.76 bits per heavy atom. The SMILES string of the molecule is CCOC(=O)C(Cc1ccccc1)c1nc(-c2ccc(NC(=O)OC)cc2)c(Cl)n1COCC[Si](C)(C)C. The highest BCUT2D eigenvalue weighted by atomic mass is 35.5. The Balaban J connectivity index is 2.00. The van der Waals surface area contributed by atoms with Crippen LogP contribution in [-0.4, -0.2) is 50.0 Å². The molecule has 0 aliphatic heterocycles. The van der Waals surface area contributed by atoms with Crippen LogP contribution in [0.4, 0.5) is 10.5 Å². The van der Waals surface area contributed by atoms with Crippen LogP contribution in [0.15, 0.2) is 54.6 Å². The van der Waals surface area contributed by atoms with Crippen LogP contribution in [0.25, 0.3) is 11.3 Å². The molecule has 0 fully saturated rings. The minimum Gasteiger partial charge on any atom is -0.465 e. The normalized spacial score (nSPS) is 12.2. The lowest BCUT2D eigenvalue weighted by Gasteiger charge is -2.19. The second-order valence-corrected chi connectivity index (χ2v) is 16.1. The average molecular weight is 558 g/mol. The number of esters is 1. The van der Waals surface area contributed by atoms with Crippen molar-refractivity contribution in [1.29, 1.82) is 0 Å². The quantitative estimate of drug-likeness (QED) is 0.153. The summed E-state index contributed by atoms with van der Waals surface area (Å²) in [6.45, 7) is 9.67. The molecule has 204 valence electrons. The zero-order valence-corrected chi connectivity index (χ0v) is 24.4. The van der Waals surface area contributed by atoms with Crippen molar-refractivity contribution in [1.82, 2.24) is 9.55 Å². The summed E-state index contributed by atoms with van der Waals surface area (Å²) >= 11 is 6.90. The first-order valence-corrected chi connectivity index (χ1v) is 16.7. The maximum atomic E-state index is 13.2. The van der Waals surface area contributed by atoms with Crippen molar-refractivity contribution in [3.8, 4) is 11.3 Å². The number of nitrogens with one attached hydrogen (secondary N) is 1. The number of hydrogen-bond acceptors (Lipinski definition) is 6. The number of anilines is 1. The van der Waals surface area contributed by atoms with Crippen LogP contribution < -0.4 is 5.32 Å². The highest BCUT2D eigenvalue weighted by Crippen LogP contribution is 2.34. The number of aromatic nitrogens is 2. The molecule has 1 aromatic heterocycles. The number of imidazole rings is 1. The van der Waals surface area contributed by atoms with Gasteiger partial charge < -0.3 is 14.2 Å². The van der Waals surface area contributed by atoms with E-state index in [9.17, 15) is 9.59 Å². The van der Waals surface area contributed by atoms with Crippen molar-refractivity contribution in [2.24, 2.45) is 0 Å². The summed E-state index contributed by atoms with van der Waals surface area (Å²) in [6.07, 6.45) is -0.153. The topological polar surface area (TPSA) is 91.7 Å². The highest BCUT2D eigenvalue weighted by molar-refractivity contribution is 6.76. The Bertz CT molecular complexity index is 1210. The van der Waals surface area contributed by atoms with Crippen LogP contribution in [0.5, 0.6) is 0 Å². The van der Waals surface area contributed by atoms with Crippen molar-refractivity contribution >= 4 is 37.4 Å². The van der Waals surface area contributed by atoms with E-state index in [0.29, 0.717) is 35.4 Å². The molecule has 1 heterocycles. The first kappa shape index (κ1) is 29.4. The van der Waals surface area contributed by atoms with E-state index in [1.54, 1.807) is 35.8 Å². The third-order valence-corrected chi connectivity index (χ3v) is 7.99. The number of hydrogen-bond donors (Lipinski definition) is 1. The molecule has 0 aliphatic carbocycles. The lowest BCUT2D eigenvalue weighted by atomic mass is 9.98. The molecule has 1 amide bonds.